The van der Waals surface area contributed by atoms with Gasteiger partial charge in [-0.25, -0.2) is 14.8 Å². The van der Waals surface area contributed by atoms with E-state index in [2.05, 4.69) is 9.97 Å². The van der Waals surface area contributed by atoms with Gasteiger partial charge in [-0.3, -0.25) is 4.98 Å². The molecule has 0 atom stereocenters. The lowest BCUT2D eigenvalue weighted by atomic mass is 10.1. The Morgan fingerprint density at radius 2 is 2.16 bits per heavy atom. The number of imidazole rings is 1. The van der Waals surface area contributed by atoms with Crippen LogP contribution in [0, 0.1) is 6.92 Å². The summed E-state index contributed by atoms with van der Waals surface area (Å²) in [5, 5.41) is 10.2. The molecule has 31 heavy (non-hydrogen) atoms. The predicted octanol–water partition coefficient (Wildman–Crippen LogP) is 4.67. The molecule has 1 aromatic carbocycles. The lowest BCUT2D eigenvalue weighted by molar-refractivity contribution is -0.131. The highest BCUT2D eigenvalue weighted by atomic mass is 35.5. The van der Waals surface area contributed by atoms with Gasteiger partial charge in [0.2, 0.25) is 0 Å². The van der Waals surface area contributed by atoms with Gasteiger partial charge in [0.15, 0.2) is 0 Å². The number of hydrogen-bond donors (Lipinski definition) is 1. The molecule has 0 aliphatic carbocycles. The van der Waals surface area contributed by atoms with Crippen LogP contribution in [-0.2, 0) is 18.4 Å². The van der Waals surface area contributed by atoms with Crippen molar-refractivity contribution in [1.29, 1.82) is 0 Å². The summed E-state index contributed by atoms with van der Waals surface area (Å²) < 4.78 is 8.07. The predicted molar refractivity (Wildman–Crippen MR) is 119 cm³/mol. The van der Waals surface area contributed by atoms with E-state index in [-0.39, 0.29) is 6.61 Å². The van der Waals surface area contributed by atoms with Gasteiger partial charge in [0.05, 0.1) is 5.02 Å². The van der Waals surface area contributed by atoms with Crippen LogP contribution in [0.2, 0.25) is 5.02 Å². The van der Waals surface area contributed by atoms with Gasteiger partial charge in [-0.2, -0.15) is 0 Å². The van der Waals surface area contributed by atoms with Gasteiger partial charge in [0, 0.05) is 65.7 Å². The van der Waals surface area contributed by atoms with Crippen LogP contribution in [0.25, 0.3) is 28.4 Å². The third-order valence-corrected chi connectivity index (χ3v) is 5.13. The van der Waals surface area contributed by atoms with Crippen molar-refractivity contribution in [2.75, 3.05) is 0 Å². The van der Waals surface area contributed by atoms with E-state index < -0.39 is 5.97 Å². The maximum absolute atomic E-state index is 10.9. The Bertz CT molecular complexity index is 1310. The average molecular weight is 435 g/mol. The SMILES string of the molecule is Cc1cc(-c2nccn2C)c2cccc(OCc3c(Cl)cncc3C=CC(=O)O)c2n1. The Hall–Kier alpha value is -3.71. The number of nitrogens with zero attached hydrogens (tertiary/aromatic N) is 4. The third kappa shape index (κ3) is 4.27. The summed E-state index contributed by atoms with van der Waals surface area (Å²) in [6, 6.07) is 7.74. The molecular weight excluding hydrogens is 416 g/mol. The fourth-order valence-electron chi connectivity index (χ4n) is 3.36. The van der Waals surface area contributed by atoms with Crippen molar-refractivity contribution < 1.29 is 14.6 Å². The highest BCUT2D eigenvalue weighted by Crippen LogP contribution is 2.33. The zero-order valence-electron chi connectivity index (χ0n) is 16.9. The number of pyridine rings is 2. The zero-order valence-corrected chi connectivity index (χ0v) is 17.7. The number of hydrogen-bond acceptors (Lipinski definition) is 5. The number of aliphatic carboxylic acids is 1. The van der Waals surface area contributed by atoms with Crippen LogP contribution in [0.1, 0.15) is 16.8 Å². The molecule has 0 saturated carbocycles. The first-order chi connectivity index (χ1) is 14.9. The Balaban J connectivity index is 1.74. The summed E-state index contributed by atoms with van der Waals surface area (Å²) in [5.74, 6) is 0.381. The van der Waals surface area contributed by atoms with E-state index in [0.29, 0.717) is 27.4 Å². The third-order valence-electron chi connectivity index (χ3n) is 4.81. The van der Waals surface area contributed by atoms with E-state index in [1.54, 1.807) is 12.4 Å². The Labute approximate surface area is 183 Å². The lowest BCUT2D eigenvalue weighted by Crippen LogP contribution is -2.02. The Kier molecular flexibility index (Phi) is 5.68. The molecule has 4 rings (SSSR count). The van der Waals surface area contributed by atoms with E-state index in [1.165, 1.54) is 12.3 Å². The summed E-state index contributed by atoms with van der Waals surface area (Å²) in [6.07, 6.45) is 9.20. The fraction of sp³-hybridized carbons (Fsp3) is 0.130. The van der Waals surface area contributed by atoms with Crippen molar-refractivity contribution in [2.24, 2.45) is 7.05 Å². The molecule has 3 aromatic heterocycles. The maximum Gasteiger partial charge on any atom is 0.328 e. The number of carboxylic acids is 1. The zero-order chi connectivity index (χ0) is 22.0. The number of ether oxygens (including phenoxy) is 1. The minimum atomic E-state index is -1.05. The first-order valence-corrected chi connectivity index (χ1v) is 9.86. The topological polar surface area (TPSA) is 90.1 Å². The molecule has 0 saturated heterocycles. The lowest BCUT2D eigenvalue weighted by Gasteiger charge is -2.14. The van der Waals surface area contributed by atoms with Crippen molar-refractivity contribution in [1.82, 2.24) is 19.5 Å². The number of aryl methyl sites for hydroxylation is 2. The van der Waals surface area contributed by atoms with Crippen LogP contribution in [0.3, 0.4) is 0 Å². The second kappa shape index (κ2) is 8.57. The smallest absolute Gasteiger partial charge is 0.328 e. The van der Waals surface area contributed by atoms with Crippen molar-refractivity contribution in [3.05, 3.63) is 77.0 Å². The van der Waals surface area contributed by atoms with Crippen LogP contribution in [0.4, 0.5) is 0 Å². The average Bonchev–Trinajstić information content (AvgIpc) is 3.16. The monoisotopic (exact) mass is 434 g/mol. The van der Waals surface area contributed by atoms with Gasteiger partial charge < -0.3 is 14.4 Å². The van der Waals surface area contributed by atoms with Crippen LogP contribution >= 0.6 is 11.6 Å². The molecule has 0 amide bonds. The quantitative estimate of drug-likeness (QED) is 0.443. The Morgan fingerprint density at radius 3 is 2.90 bits per heavy atom. The molecule has 8 heteroatoms. The molecular formula is C23H19ClN4O3. The van der Waals surface area contributed by atoms with E-state index >= 15 is 0 Å². The van der Waals surface area contributed by atoms with Crippen LogP contribution < -0.4 is 4.74 Å². The van der Waals surface area contributed by atoms with Gasteiger partial charge in [0.25, 0.3) is 0 Å². The number of benzene rings is 1. The number of halogens is 1. The Morgan fingerprint density at radius 1 is 1.32 bits per heavy atom. The molecule has 0 unspecified atom stereocenters. The summed E-state index contributed by atoms with van der Waals surface area (Å²) >= 11 is 6.31. The molecule has 156 valence electrons. The van der Waals surface area contributed by atoms with Crippen molar-refractivity contribution in [3.63, 3.8) is 0 Å². The van der Waals surface area contributed by atoms with E-state index in [0.717, 1.165) is 28.5 Å². The van der Waals surface area contributed by atoms with Crippen molar-refractivity contribution in [3.8, 4) is 17.1 Å². The molecule has 3 heterocycles. The largest absolute Gasteiger partial charge is 0.487 e. The maximum atomic E-state index is 10.9. The molecule has 0 aliphatic rings. The van der Waals surface area contributed by atoms with Crippen molar-refractivity contribution >= 4 is 34.5 Å². The molecule has 0 fully saturated rings. The summed E-state index contributed by atoms with van der Waals surface area (Å²) in [7, 11) is 1.95. The number of rotatable bonds is 6. The minimum absolute atomic E-state index is 0.132. The molecule has 0 radical (unpaired) electrons. The molecule has 0 aliphatic heterocycles. The highest BCUT2D eigenvalue weighted by molar-refractivity contribution is 6.31. The second-order valence-electron chi connectivity index (χ2n) is 6.97. The van der Waals surface area contributed by atoms with Crippen LogP contribution in [0.15, 0.2) is 55.1 Å². The van der Waals surface area contributed by atoms with Gasteiger partial charge in [-0.1, -0.05) is 23.7 Å². The molecule has 4 aromatic rings. The summed E-state index contributed by atoms with van der Waals surface area (Å²) in [4.78, 5) is 24.1. The van der Waals surface area contributed by atoms with E-state index in [9.17, 15) is 4.79 Å². The van der Waals surface area contributed by atoms with E-state index in [1.807, 2.05) is 49.0 Å². The number of fused-ring (bicyclic) bond motifs is 1. The molecule has 1 N–H and O–H groups in total. The highest BCUT2D eigenvalue weighted by Gasteiger charge is 2.14. The number of para-hydroxylation sites is 1. The van der Waals surface area contributed by atoms with Gasteiger partial charge in [0.1, 0.15) is 23.7 Å². The first kappa shape index (κ1) is 20.6. The van der Waals surface area contributed by atoms with Gasteiger partial charge in [-0.05, 0) is 25.1 Å². The number of carboxylic acid groups (broad SMARTS) is 1. The van der Waals surface area contributed by atoms with Crippen LogP contribution in [0.5, 0.6) is 5.75 Å². The normalized spacial score (nSPS) is 11.3. The fourth-order valence-corrected chi connectivity index (χ4v) is 3.58. The second-order valence-corrected chi connectivity index (χ2v) is 7.38. The standard InChI is InChI=1S/C23H19ClN4O3/c1-14-10-17(23-26-8-9-28(23)2)16-4-3-5-20(22(16)27-14)31-13-18-15(6-7-21(29)30)11-25-12-19(18)24/h3-12H,13H2,1-2H3,(H,29,30). The summed E-state index contributed by atoms with van der Waals surface area (Å²) in [6.45, 7) is 2.06. The minimum Gasteiger partial charge on any atom is -0.487 e. The van der Waals surface area contributed by atoms with E-state index in [4.69, 9.17) is 26.4 Å². The summed E-state index contributed by atoms with van der Waals surface area (Å²) in [5.41, 5.74) is 3.74. The van der Waals surface area contributed by atoms with Gasteiger partial charge >= 0.3 is 5.97 Å². The first-order valence-electron chi connectivity index (χ1n) is 9.48. The molecule has 0 bridgehead atoms. The number of carbonyl (C=O) groups is 1. The number of aromatic nitrogens is 4. The molecule has 0 spiro atoms. The molecule has 7 nitrogen and oxygen atoms in total. The van der Waals surface area contributed by atoms with Crippen molar-refractivity contribution in [2.45, 2.75) is 13.5 Å². The van der Waals surface area contributed by atoms with Crippen LogP contribution in [-0.4, -0.2) is 30.6 Å². The van der Waals surface area contributed by atoms with Gasteiger partial charge in [-0.15, -0.1) is 0 Å².